The van der Waals surface area contributed by atoms with E-state index in [1.807, 2.05) is 17.8 Å². The maximum absolute atomic E-state index is 9.66. The van der Waals surface area contributed by atoms with E-state index in [1.54, 1.807) is 13.3 Å². The highest BCUT2D eigenvalue weighted by atomic mass is 16.5. The zero-order valence-corrected chi connectivity index (χ0v) is 8.81. The van der Waals surface area contributed by atoms with Gasteiger partial charge in [-0.3, -0.25) is 0 Å². The van der Waals surface area contributed by atoms with E-state index in [-0.39, 0.29) is 6.10 Å². The number of nitrogens with zero attached hydrogens (tertiary/aromatic N) is 2. The minimum Gasteiger partial charge on any atom is -0.393 e. The van der Waals surface area contributed by atoms with Crippen LogP contribution < -0.4 is 0 Å². The second-order valence-electron chi connectivity index (χ2n) is 3.45. The lowest BCUT2D eigenvalue weighted by Gasteiger charge is -2.09. The summed E-state index contributed by atoms with van der Waals surface area (Å²) in [5, 5.41) is 9.66. The summed E-state index contributed by atoms with van der Waals surface area (Å²) in [5.74, 6) is 0.926. The number of aliphatic hydroxyl groups is 1. The van der Waals surface area contributed by atoms with Crippen LogP contribution in [-0.2, 0) is 18.2 Å². The van der Waals surface area contributed by atoms with Crippen LogP contribution >= 0.6 is 0 Å². The van der Waals surface area contributed by atoms with Crippen LogP contribution in [0, 0.1) is 0 Å². The van der Waals surface area contributed by atoms with Gasteiger partial charge in [0.05, 0.1) is 6.10 Å². The Morgan fingerprint density at radius 2 is 2.43 bits per heavy atom. The summed E-state index contributed by atoms with van der Waals surface area (Å²) in [6.45, 7) is 0.706. The zero-order valence-electron chi connectivity index (χ0n) is 8.81. The molecular formula is C10H18N2O2. The summed E-state index contributed by atoms with van der Waals surface area (Å²) < 4.78 is 6.85. The number of imidazole rings is 1. The first-order valence-corrected chi connectivity index (χ1v) is 4.87. The fourth-order valence-corrected chi connectivity index (χ4v) is 1.37. The van der Waals surface area contributed by atoms with Crippen molar-refractivity contribution in [3.8, 4) is 0 Å². The highest BCUT2D eigenvalue weighted by Crippen LogP contribution is 2.05. The molecule has 0 spiro atoms. The van der Waals surface area contributed by atoms with Gasteiger partial charge in [0, 0.05) is 39.6 Å². The van der Waals surface area contributed by atoms with Crippen LogP contribution in [0.25, 0.3) is 0 Å². The van der Waals surface area contributed by atoms with Gasteiger partial charge in [-0.05, 0) is 12.8 Å². The van der Waals surface area contributed by atoms with Crippen molar-refractivity contribution >= 4 is 0 Å². The van der Waals surface area contributed by atoms with Crippen molar-refractivity contribution in [3.63, 3.8) is 0 Å². The van der Waals surface area contributed by atoms with Crippen LogP contribution in [0.5, 0.6) is 0 Å². The van der Waals surface area contributed by atoms with Gasteiger partial charge in [0.1, 0.15) is 5.82 Å². The highest BCUT2D eigenvalue weighted by Gasteiger charge is 2.08. The molecule has 0 saturated carbocycles. The molecule has 14 heavy (non-hydrogen) atoms. The molecule has 0 aromatic carbocycles. The van der Waals surface area contributed by atoms with E-state index in [0.717, 1.165) is 18.7 Å². The first kappa shape index (κ1) is 11.2. The Balaban J connectivity index is 2.27. The number of methoxy groups -OCH3 is 1. The first-order chi connectivity index (χ1) is 6.74. The lowest BCUT2D eigenvalue weighted by molar-refractivity contribution is 0.133. The Labute approximate surface area is 84.5 Å². The molecular weight excluding hydrogens is 180 g/mol. The predicted octanol–water partition coefficient (Wildman–Crippen LogP) is 0.750. The van der Waals surface area contributed by atoms with Crippen molar-refractivity contribution in [2.24, 2.45) is 7.05 Å². The summed E-state index contributed by atoms with van der Waals surface area (Å²) in [4.78, 5) is 4.16. The monoisotopic (exact) mass is 198 g/mol. The zero-order chi connectivity index (χ0) is 10.4. The van der Waals surface area contributed by atoms with Crippen LogP contribution in [0.4, 0.5) is 0 Å². The van der Waals surface area contributed by atoms with Crippen molar-refractivity contribution < 1.29 is 9.84 Å². The van der Waals surface area contributed by atoms with Crippen LogP contribution in [-0.4, -0.2) is 34.5 Å². The van der Waals surface area contributed by atoms with Crippen molar-refractivity contribution in [1.29, 1.82) is 0 Å². The number of aromatic nitrogens is 2. The fraction of sp³-hybridized carbons (Fsp3) is 0.700. The molecule has 1 N–H and O–H groups in total. The van der Waals surface area contributed by atoms with Gasteiger partial charge in [0.25, 0.3) is 0 Å². The quantitative estimate of drug-likeness (QED) is 0.686. The van der Waals surface area contributed by atoms with Gasteiger partial charge < -0.3 is 14.4 Å². The molecule has 0 fully saturated rings. The SMILES string of the molecule is COCCCC(O)Cc1nccn1C. The maximum atomic E-state index is 9.66. The average molecular weight is 198 g/mol. The minimum atomic E-state index is -0.314. The Hall–Kier alpha value is -0.870. The van der Waals surface area contributed by atoms with Gasteiger partial charge in [-0.25, -0.2) is 4.98 Å². The van der Waals surface area contributed by atoms with Crippen LogP contribution in [0.15, 0.2) is 12.4 Å². The molecule has 0 aliphatic heterocycles. The summed E-state index contributed by atoms with van der Waals surface area (Å²) >= 11 is 0. The number of hydrogen-bond donors (Lipinski definition) is 1. The van der Waals surface area contributed by atoms with E-state index in [2.05, 4.69) is 4.98 Å². The van der Waals surface area contributed by atoms with E-state index >= 15 is 0 Å². The summed E-state index contributed by atoms with van der Waals surface area (Å²) in [6, 6.07) is 0. The van der Waals surface area contributed by atoms with Crippen LogP contribution in [0.3, 0.4) is 0 Å². The van der Waals surface area contributed by atoms with E-state index in [0.29, 0.717) is 13.0 Å². The molecule has 1 rings (SSSR count). The Morgan fingerprint density at radius 1 is 1.64 bits per heavy atom. The molecule has 0 bridgehead atoms. The Morgan fingerprint density at radius 3 is 3.00 bits per heavy atom. The lowest BCUT2D eigenvalue weighted by Crippen LogP contribution is -2.14. The minimum absolute atomic E-state index is 0.314. The molecule has 80 valence electrons. The van der Waals surface area contributed by atoms with Gasteiger partial charge in [0.2, 0.25) is 0 Å². The lowest BCUT2D eigenvalue weighted by atomic mass is 10.1. The molecule has 1 heterocycles. The average Bonchev–Trinajstić information content (AvgIpc) is 2.52. The largest absolute Gasteiger partial charge is 0.393 e. The Bertz CT molecular complexity index is 260. The second kappa shape index (κ2) is 5.78. The highest BCUT2D eigenvalue weighted by molar-refractivity contribution is 4.92. The van der Waals surface area contributed by atoms with Crippen molar-refractivity contribution in [2.45, 2.75) is 25.4 Å². The predicted molar refractivity (Wildman–Crippen MR) is 54.0 cm³/mol. The number of aliphatic hydroxyl groups excluding tert-OH is 1. The van der Waals surface area contributed by atoms with Crippen LogP contribution in [0.2, 0.25) is 0 Å². The van der Waals surface area contributed by atoms with Gasteiger partial charge in [-0.15, -0.1) is 0 Å². The maximum Gasteiger partial charge on any atom is 0.110 e. The number of aryl methyl sites for hydroxylation is 1. The number of hydrogen-bond acceptors (Lipinski definition) is 3. The third-order valence-electron chi connectivity index (χ3n) is 2.22. The van der Waals surface area contributed by atoms with Gasteiger partial charge in [-0.1, -0.05) is 0 Å². The molecule has 1 unspecified atom stereocenters. The topological polar surface area (TPSA) is 47.3 Å². The number of rotatable bonds is 6. The van der Waals surface area contributed by atoms with Gasteiger partial charge >= 0.3 is 0 Å². The summed E-state index contributed by atoms with van der Waals surface area (Å²) in [7, 11) is 3.61. The molecule has 4 nitrogen and oxygen atoms in total. The molecule has 1 atom stereocenters. The third-order valence-corrected chi connectivity index (χ3v) is 2.22. The van der Waals surface area contributed by atoms with E-state index in [9.17, 15) is 5.11 Å². The molecule has 1 aromatic rings. The van der Waals surface area contributed by atoms with Gasteiger partial charge in [-0.2, -0.15) is 0 Å². The van der Waals surface area contributed by atoms with Gasteiger partial charge in [0.15, 0.2) is 0 Å². The summed E-state index contributed by atoms with van der Waals surface area (Å²) in [6.07, 6.45) is 5.59. The second-order valence-corrected chi connectivity index (χ2v) is 3.45. The Kier molecular flexibility index (Phi) is 4.62. The van der Waals surface area contributed by atoms with E-state index in [4.69, 9.17) is 4.74 Å². The van der Waals surface area contributed by atoms with Crippen molar-refractivity contribution in [1.82, 2.24) is 9.55 Å². The van der Waals surface area contributed by atoms with E-state index in [1.165, 1.54) is 0 Å². The normalized spacial score (nSPS) is 13.1. The molecule has 1 aromatic heterocycles. The first-order valence-electron chi connectivity index (χ1n) is 4.87. The molecule has 0 saturated heterocycles. The molecule has 0 radical (unpaired) electrons. The summed E-state index contributed by atoms with van der Waals surface area (Å²) in [5.41, 5.74) is 0. The molecule has 0 aliphatic carbocycles. The molecule has 4 heteroatoms. The molecule has 0 aliphatic rings. The number of ether oxygens (including phenoxy) is 1. The van der Waals surface area contributed by atoms with Crippen molar-refractivity contribution in [3.05, 3.63) is 18.2 Å². The van der Waals surface area contributed by atoms with E-state index < -0.39 is 0 Å². The van der Waals surface area contributed by atoms with Crippen LogP contribution in [0.1, 0.15) is 18.7 Å². The third kappa shape index (κ3) is 3.47. The van der Waals surface area contributed by atoms with Crippen molar-refractivity contribution in [2.75, 3.05) is 13.7 Å². The smallest absolute Gasteiger partial charge is 0.110 e. The molecule has 0 amide bonds. The standard InChI is InChI=1S/C10H18N2O2/c1-12-6-5-11-10(12)8-9(13)4-3-7-14-2/h5-6,9,13H,3-4,7-8H2,1-2H3. The fourth-order valence-electron chi connectivity index (χ4n) is 1.37.